The number of anilines is 1. The number of ether oxygens (including phenoxy) is 1. The molecule has 196 valence electrons. The number of pyridine rings is 1. The van der Waals surface area contributed by atoms with Crippen LogP contribution in [0.2, 0.25) is 0 Å². The average Bonchev–Trinajstić information content (AvgIpc) is 2.95. The third kappa shape index (κ3) is 5.61. The molecule has 5 rings (SSSR count). The monoisotopic (exact) mass is 526 g/mol. The largest absolute Gasteiger partial charge is 0.486 e. The van der Waals surface area contributed by atoms with Gasteiger partial charge in [-0.05, 0) is 47.2 Å². The van der Waals surface area contributed by atoms with Gasteiger partial charge in [-0.2, -0.15) is 0 Å². The molecule has 2 N–H and O–H groups in total. The predicted octanol–water partition coefficient (Wildman–Crippen LogP) is 6.07. The first-order chi connectivity index (χ1) is 18.9. The molecule has 8 heteroatoms. The Bertz CT molecular complexity index is 1670. The standard InChI is InChI=1S/C31H24F2N2O4/c32-26-8-4-9-27(33)25(26)18-39-29-10-3-7-24-23(13-14-34-30(24)29)28(37)16-21(17-36)31(38)35-22-12-11-19-5-1-2-6-20(19)15-22/h1-15,21,36H,16-18H2,(H,35,38)/t21-/m0/s1. The second-order valence-corrected chi connectivity index (χ2v) is 9.06. The third-order valence-electron chi connectivity index (χ3n) is 6.51. The average molecular weight is 527 g/mol. The van der Waals surface area contributed by atoms with E-state index in [2.05, 4.69) is 10.3 Å². The lowest BCUT2D eigenvalue weighted by atomic mass is 9.95. The number of benzene rings is 4. The van der Waals surface area contributed by atoms with E-state index in [4.69, 9.17) is 4.74 Å². The first-order valence-electron chi connectivity index (χ1n) is 12.3. The second kappa shape index (κ2) is 11.4. The smallest absolute Gasteiger partial charge is 0.230 e. The molecular formula is C31H24F2N2O4. The topological polar surface area (TPSA) is 88.5 Å². The molecule has 1 aromatic heterocycles. The van der Waals surface area contributed by atoms with Crippen LogP contribution in [0, 0.1) is 17.6 Å². The van der Waals surface area contributed by atoms with E-state index in [0.717, 1.165) is 22.9 Å². The number of rotatable bonds is 9. The van der Waals surface area contributed by atoms with Crippen LogP contribution in [-0.2, 0) is 11.4 Å². The van der Waals surface area contributed by atoms with Gasteiger partial charge in [0.1, 0.15) is 29.5 Å². The number of ketones is 1. The highest BCUT2D eigenvalue weighted by atomic mass is 19.1. The van der Waals surface area contributed by atoms with Crippen LogP contribution in [0.15, 0.2) is 91.1 Å². The van der Waals surface area contributed by atoms with Crippen LogP contribution in [0.1, 0.15) is 22.3 Å². The zero-order chi connectivity index (χ0) is 27.4. The molecule has 1 heterocycles. The van der Waals surface area contributed by atoms with Gasteiger partial charge in [-0.15, -0.1) is 0 Å². The highest BCUT2D eigenvalue weighted by Gasteiger charge is 2.24. The SMILES string of the molecule is O=C(C[C@@H](CO)C(=O)Nc1ccc2ccccc2c1)c1ccnc2c(OCc3c(F)cccc3F)cccc12. The summed E-state index contributed by atoms with van der Waals surface area (Å²) in [5, 5.41) is 15.1. The fraction of sp³-hybridized carbons (Fsp3) is 0.129. The van der Waals surface area contributed by atoms with Gasteiger partial charge in [-0.3, -0.25) is 14.6 Å². The van der Waals surface area contributed by atoms with Crippen molar-refractivity contribution >= 4 is 39.1 Å². The van der Waals surface area contributed by atoms with E-state index < -0.39 is 30.1 Å². The normalized spacial score (nSPS) is 11.9. The summed E-state index contributed by atoms with van der Waals surface area (Å²) in [6.07, 6.45) is 1.19. The number of aromatic nitrogens is 1. The number of nitrogens with zero attached hydrogens (tertiary/aromatic N) is 1. The van der Waals surface area contributed by atoms with Crippen LogP contribution in [-0.4, -0.2) is 28.4 Å². The maximum Gasteiger partial charge on any atom is 0.230 e. The molecule has 4 aromatic carbocycles. The molecule has 0 saturated carbocycles. The van der Waals surface area contributed by atoms with E-state index in [1.165, 1.54) is 18.3 Å². The minimum absolute atomic E-state index is 0.218. The lowest BCUT2D eigenvalue weighted by molar-refractivity contribution is -0.121. The molecule has 0 radical (unpaired) electrons. The molecule has 1 amide bonds. The summed E-state index contributed by atoms with van der Waals surface area (Å²) in [7, 11) is 0. The van der Waals surface area contributed by atoms with E-state index in [1.807, 2.05) is 36.4 Å². The molecule has 0 spiro atoms. The van der Waals surface area contributed by atoms with Crippen molar-refractivity contribution in [1.29, 1.82) is 0 Å². The summed E-state index contributed by atoms with van der Waals surface area (Å²) >= 11 is 0. The molecule has 0 saturated heterocycles. The van der Waals surface area contributed by atoms with Crippen LogP contribution in [0.5, 0.6) is 5.75 Å². The maximum atomic E-state index is 14.0. The Labute approximate surface area is 222 Å². The number of carbonyl (C=O) groups is 2. The van der Waals surface area contributed by atoms with Gasteiger partial charge in [0.15, 0.2) is 5.78 Å². The minimum atomic E-state index is -0.976. The number of halogens is 2. The molecular weight excluding hydrogens is 502 g/mol. The van der Waals surface area contributed by atoms with E-state index in [9.17, 15) is 23.5 Å². The molecule has 0 aliphatic carbocycles. The quantitative estimate of drug-likeness (QED) is 0.228. The number of Topliss-reactive ketones (excluding diaryl/α,β-unsaturated/α-hetero) is 1. The number of hydrogen-bond donors (Lipinski definition) is 2. The summed E-state index contributed by atoms with van der Waals surface area (Å²) in [6.45, 7) is -0.879. The highest BCUT2D eigenvalue weighted by molar-refractivity contribution is 6.10. The number of aliphatic hydroxyl groups excluding tert-OH is 1. The van der Waals surface area contributed by atoms with Gasteiger partial charge in [0.05, 0.1) is 18.1 Å². The zero-order valence-corrected chi connectivity index (χ0v) is 20.7. The van der Waals surface area contributed by atoms with E-state index in [-0.39, 0.29) is 30.1 Å². The van der Waals surface area contributed by atoms with Crippen LogP contribution < -0.4 is 10.1 Å². The van der Waals surface area contributed by atoms with Gasteiger partial charge in [0.2, 0.25) is 5.91 Å². The van der Waals surface area contributed by atoms with Gasteiger partial charge in [0, 0.05) is 29.3 Å². The zero-order valence-electron chi connectivity index (χ0n) is 20.7. The third-order valence-corrected chi connectivity index (χ3v) is 6.51. The van der Waals surface area contributed by atoms with Crippen LogP contribution >= 0.6 is 0 Å². The Kier molecular flexibility index (Phi) is 7.56. The lowest BCUT2D eigenvalue weighted by Crippen LogP contribution is -2.28. The van der Waals surface area contributed by atoms with Crippen molar-refractivity contribution < 1.29 is 28.2 Å². The molecule has 0 unspecified atom stereocenters. The fourth-order valence-corrected chi connectivity index (χ4v) is 4.41. The van der Waals surface area contributed by atoms with Crippen LogP contribution in [0.25, 0.3) is 21.7 Å². The molecule has 1 atom stereocenters. The van der Waals surface area contributed by atoms with Crippen LogP contribution in [0.4, 0.5) is 14.5 Å². The minimum Gasteiger partial charge on any atom is -0.486 e. The molecule has 6 nitrogen and oxygen atoms in total. The van der Waals surface area contributed by atoms with Crippen molar-refractivity contribution in [2.24, 2.45) is 5.92 Å². The van der Waals surface area contributed by atoms with E-state index in [0.29, 0.717) is 22.2 Å². The van der Waals surface area contributed by atoms with Crippen molar-refractivity contribution in [3.05, 3.63) is 114 Å². The van der Waals surface area contributed by atoms with Crippen molar-refractivity contribution in [2.45, 2.75) is 13.0 Å². The number of aliphatic hydroxyl groups is 1. The molecule has 0 aliphatic heterocycles. The number of fused-ring (bicyclic) bond motifs is 2. The summed E-state index contributed by atoms with van der Waals surface area (Å²) in [5.74, 6) is -3.02. The summed E-state index contributed by atoms with van der Waals surface area (Å²) in [5.41, 5.74) is 0.970. The van der Waals surface area contributed by atoms with Gasteiger partial charge in [-0.1, -0.05) is 48.5 Å². The molecule has 0 fully saturated rings. The first kappa shape index (κ1) is 25.9. The Hall–Kier alpha value is -4.69. The Balaban J connectivity index is 1.33. The number of carbonyl (C=O) groups excluding carboxylic acids is 2. The Morgan fingerprint density at radius 2 is 1.64 bits per heavy atom. The lowest BCUT2D eigenvalue weighted by Gasteiger charge is -2.15. The number of hydrogen-bond acceptors (Lipinski definition) is 5. The molecule has 0 aliphatic rings. The van der Waals surface area contributed by atoms with Crippen molar-refractivity contribution in [2.75, 3.05) is 11.9 Å². The molecule has 5 aromatic rings. The predicted molar refractivity (Wildman–Crippen MR) is 145 cm³/mol. The first-order valence-corrected chi connectivity index (χ1v) is 12.3. The number of para-hydroxylation sites is 1. The maximum absolute atomic E-state index is 14.0. The Morgan fingerprint density at radius 1 is 0.897 bits per heavy atom. The van der Waals surface area contributed by atoms with Crippen molar-refractivity contribution in [1.82, 2.24) is 4.98 Å². The second-order valence-electron chi connectivity index (χ2n) is 9.06. The van der Waals surface area contributed by atoms with E-state index >= 15 is 0 Å². The van der Waals surface area contributed by atoms with Gasteiger partial charge < -0.3 is 15.2 Å². The van der Waals surface area contributed by atoms with Gasteiger partial charge >= 0.3 is 0 Å². The summed E-state index contributed by atoms with van der Waals surface area (Å²) < 4.78 is 33.7. The van der Waals surface area contributed by atoms with Crippen molar-refractivity contribution in [3.8, 4) is 5.75 Å². The summed E-state index contributed by atoms with van der Waals surface area (Å²) in [6, 6.07) is 23.2. The van der Waals surface area contributed by atoms with Crippen molar-refractivity contribution in [3.63, 3.8) is 0 Å². The van der Waals surface area contributed by atoms with Gasteiger partial charge in [-0.25, -0.2) is 8.78 Å². The van der Waals surface area contributed by atoms with Crippen LogP contribution in [0.3, 0.4) is 0 Å². The highest BCUT2D eigenvalue weighted by Crippen LogP contribution is 2.29. The fourth-order valence-electron chi connectivity index (χ4n) is 4.41. The number of nitrogens with one attached hydrogen (secondary N) is 1. The molecule has 0 bridgehead atoms. The van der Waals surface area contributed by atoms with Gasteiger partial charge in [0.25, 0.3) is 0 Å². The van der Waals surface area contributed by atoms with E-state index in [1.54, 1.807) is 24.3 Å². The summed E-state index contributed by atoms with van der Waals surface area (Å²) in [4.78, 5) is 30.5. The Morgan fingerprint density at radius 3 is 2.41 bits per heavy atom. The molecule has 39 heavy (non-hydrogen) atoms. The number of amides is 1.